The molecule has 0 aliphatic carbocycles. The Hall–Kier alpha value is -3.54. The van der Waals surface area contributed by atoms with E-state index >= 15 is 0 Å². The summed E-state index contributed by atoms with van der Waals surface area (Å²) in [6.45, 7) is 2.38. The van der Waals surface area contributed by atoms with Crippen LogP contribution < -0.4 is 10.6 Å². The second kappa shape index (κ2) is 8.71. The van der Waals surface area contributed by atoms with Gasteiger partial charge in [-0.3, -0.25) is 19.6 Å². The summed E-state index contributed by atoms with van der Waals surface area (Å²) in [6.07, 6.45) is 5.47. The summed E-state index contributed by atoms with van der Waals surface area (Å²) in [5, 5.41) is 5.58. The van der Waals surface area contributed by atoms with Crippen LogP contribution in [0.1, 0.15) is 38.9 Å². The van der Waals surface area contributed by atoms with Crippen LogP contribution in [0.3, 0.4) is 0 Å². The zero-order valence-corrected chi connectivity index (χ0v) is 15.0. The lowest BCUT2D eigenvalue weighted by atomic mass is 10.1. The first kappa shape index (κ1) is 18.3. The molecule has 27 heavy (non-hydrogen) atoms. The Labute approximate surface area is 157 Å². The van der Waals surface area contributed by atoms with E-state index in [4.69, 9.17) is 0 Å². The van der Waals surface area contributed by atoms with Crippen LogP contribution in [0.5, 0.6) is 0 Å². The highest BCUT2D eigenvalue weighted by molar-refractivity contribution is 6.05. The molecule has 6 nitrogen and oxygen atoms in total. The van der Waals surface area contributed by atoms with Crippen molar-refractivity contribution in [3.63, 3.8) is 0 Å². The van der Waals surface area contributed by atoms with Gasteiger partial charge in [0, 0.05) is 24.3 Å². The fourth-order valence-corrected chi connectivity index (χ4v) is 2.49. The fourth-order valence-electron chi connectivity index (χ4n) is 2.49. The molecule has 0 saturated carbocycles. The van der Waals surface area contributed by atoms with Gasteiger partial charge in [0.05, 0.1) is 23.4 Å². The molecule has 2 amide bonds. The highest BCUT2D eigenvalue weighted by atomic mass is 16.2. The van der Waals surface area contributed by atoms with E-state index in [1.807, 2.05) is 42.5 Å². The first-order chi connectivity index (χ1) is 13.2. The molecule has 0 unspecified atom stereocenters. The van der Waals surface area contributed by atoms with Crippen LogP contribution in [-0.2, 0) is 13.0 Å². The van der Waals surface area contributed by atoms with Crippen LogP contribution in [0, 0.1) is 0 Å². The topological polar surface area (TPSA) is 84.0 Å². The fraction of sp³-hybridized carbons (Fsp3) is 0.143. The van der Waals surface area contributed by atoms with E-state index in [9.17, 15) is 9.59 Å². The van der Waals surface area contributed by atoms with Crippen molar-refractivity contribution in [3.8, 4) is 0 Å². The van der Waals surface area contributed by atoms with Crippen LogP contribution in [0.4, 0.5) is 5.69 Å². The number of nitrogens with zero attached hydrogens (tertiary/aromatic N) is 2. The third kappa shape index (κ3) is 4.98. The molecule has 136 valence electrons. The monoisotopic (exact) mass is 360 g/mol. The number of benzene rings is 1. The normalized spacial score (nSPS) is 10.3. The number of amides is 2. The van der Waals surface area contributed by atoms with Gasteiger partial charge in [-0.1, -0.05) is 25.1 Å². The minimum Gasteiger partial charge on any atom is -0.346 e. The number of hydrogen-bond donors (Lipinski definition) is 2. The van der Waals surface area contributed by atoms with Crippen LogP contribution in [-0.4, -0.2) is 21.8 Å². The standard InChI is InChI=1S/C21H20N4O2/c1-2-15-6-8-18(9-7-15)25-21(27)17-11-16(12-22-13-17)20(26)24-14-19-5-3-4-10-23-19/h3-13H,2,14H2,1H3,(H,24,26)(H,25,27). The van der Waals surface area contributed by atoms with E-state index in [1.54, 1.807) is 6.20 Å². The van der Waals surface area contributed by atoms with Crippen molar-refractivity contribution in [2.45, 2.75) is 19.9 Å². The lowest BCUT2D eigenvalue weighted by molar-refractivity contribution is 0.0950. The SMILES string of the molecule is CCc1ccc(NC(=O)c2cncc(C(=O)NCc3ccccn3)c2)cc1. The Morgan fingerprint density at radius 2 is 1.70 bits per heavy atom. The van der Waals surface area contributed by atoms with Crippen LogP contribution in [0.25, 0.3) is 0 Å². The van der Waals surface area contributed by atoms with E-state index in [1.165, 1.54) is 24.0 Å². The molecule has 0 saturated heterocycles. The summed E-state index contributed by atoms with van der Waals surface area (Å²) in [5.74, 6) is -0.624. The molecule has 0 atom stereocenters. The number of anilines is 1. The Bertz CT molecular complexity index is 924. The molecule has 6 heteroatoms. The van der Waals surface area contributed by atoms with E-state index in [2.05, 4.69) is 27.5 Å². The number of aryl methyl sites for hydroxylation is 1. The molecule has 0 spiro atoms. The number of carbonyl (C=O) groups excluding carboxylic acids is 2. The molecule has 1 aromatic carbocycles. The molecule has 0 aliphatic rings. The summed E-state index contributed by atoms with van der Waals surface area (Å²) in [4.78, 5) is 32.9. The van der Waals surface area contributed by atoms with Gasteiger partial charge in [0.25, 0.3) is 11.8 Å². The second-order valence-electron chi connectivity index (χ2n) is 5.97. The summed E-state index contributed by atoms with van der Waals surface area (Å²) >= 11 is 0. The Kier molecular flexibility index (Phi) is 5.89. The molecule has 2 heterocycles. The van der Waals surface area contributed by atoms with Crippen molar-refractivity contribution in [2.75, 3.05) is 5.32 Å². The third-order valence-electron chi connectivity index (χ3n) is 4.04. The molecule has 0 aliphatic heterocycles. The van der Waals surface area contributed by atoms with Gasteiger partial charge in [0.15, 0.2) is 0 Å². The van der Waals surface area contributed by atoms with Gasteiger partial charge < -0.3 is 10.6 Å². The molecule has 3 rings (SSSR count). The average molecular weight is 360 g/mol. The molecule has 3 aromatic rings. The maximum absolute atomic E-state index is 12.4. The van der Waals surface area contributed by atoms with Crippen LogP contribution >= 0.6 is 0 Å². The lowest BCUT2D eigenvalue weighted by Crippen LogP contribution is -2.24. The summed E-state index contributed by atoms with van der Waals surface area (Å²) in [5.41, 5.74) is 3.28. The number of rotatable bonds is 6. The maximum atomic E-state index is 12.4. The highest BCUT2D eigenvalue weighted by Crippen LogP contribution is 2.12. The number of nitrogens with one attached hydrogen (secondary N) is 2. The van der Waals surface area contributed by atoms with Gasteiger partial charge in [-0.25, -0.2) is 0 Å². The Morgan fingerprint density at radius 3 is 2.37 bits per heavy atom. The Balaban J connectivity index is 1.64. The van der Waals surface area contributed by atoms with Gasteiger partial charge in [-0.15, -0.1) is 0 Å². The van der Waals surface area contributed by atoms with Gasteiger partial charge in [0.2, 0.25) is 0 Å². The van der Waals surface area contributed by atoms with Gasteiger partial charge in [-0.05, 0) is 42.3 Å². The number of pyridine rings is 2. The molecular formula is C21H20N4O2. The smallest absolute Gasteiger partial charge is 0.257 e. The predicted octanol–water partition coefficient (Wildman–Crippen LogP) is 3.22. The van der Waals surface area contributed by atoms with E-state index in [0.717, 1.165) is 12.1 Å². The summed E-state index contributed by atoms with van der Waals surface area (Å²) in [6, 6.07) is 14.7. The first-order valence-electron chi connectivity index (χ1n) is 8.69. The van der Waals surface area contributed by atoms with Gasteiger partial charge >= 0.3 is 0 Å². The molecule has 0 bridgehead atoms. The lowest BCUT2D eigenvalue weighted by Gasteiger charge is -2.08. The van der Waals surface area contributed by atoms with Crippen molar-refractivity contribution in [2.24, 2.45) is 0 Å². The van der Waals surface area contributed by atoms with Crippen molar-refractivity contribution in [3.05, 3.63) is 89.5 Å². The maximum Gasteiger partial charge on any atom is 0.257 e. The van der Waals surface area contributed by atoms with E-state index in [-0.39, 0.29) is 11.8 Å². The third-order valence-corrected chi connectivity index (χ3v) is 4.04. The van der Waals surface area contributed by atoms with Gasteiger partial charge in [0.1, 0.15) is 0 Å². The van der Waals surface area contributed by atoms with Crippen molar-refractivity contribution in [1.29, 1.82) is 0 Å². The Morgan fingerprint density at radius 1 is 0.963 bits per heavy atom. The molecule has 2 aromatic heterocycles. The van der Waals surface area contributed by atoms with Crippen molar-refractivity contribution < 1.29 is 9.59 Å². The van der Waals surface area contributed by atoms with Crippen LogP contribution in [0.2, 0.25) is 0 Å². The number of hydrogen-bond acceptors (Lipinski definition) is 4. The van der Waals surface area contributed by atoms with E-state index in [0.29, 0.717) is 23.4 Å². The van der Waals surface area contributed by atoms with Gasteiger partial charge in [-0.2, -0.15) is 0 Å². The minimum atomic E-state index is -0.314. The zero-order chi connectivity index (χ0) is 19.1. The predicted molar refractivity (Wildman–Crippen MR) is 103 cm³/mol. The van der Waals surface area contributed by atoms with Crippen molar-refractivity contribution in [1.82, 2.24) is 15.3 Å². The minimum absolute atomic E-state index is 0.305. The molecular weight excluding hydrogens is 340 g/mol. The molecule has 2 N–H and O–H groups in total. The first-order valence-corrected chi connectivity index (χ1v) is 8.69. The quantitative estimate of drug-likeness (QED) is 0.707. The zero-order valence-electron chi connectivity index (χ0n) is 15.0. The molecule has 0 radical (unpaired) electrons. The van der Waals surface area contributed by atoms with Crippen molar-refractivity contribution >= 4 is 17.5 Å². The highest BCUT2D eigenvalue weighted by Gasteiger charge is 2.12. The summed E-state index contributed by atoms with van der Waals surface area (Å²) in [7, 11) is 0. The summed E-state index contributed by atoms with van der Waals surface area (Å²) < 4.78 is 0. The number of carbonyl (C=O) groups is 2. The van der Waals surface area contributed by atoms with Crippen LogP contribution in [0.15, 0.2) is 67.1 Å². The van der Waals surface area contributed by atoms with E-state index < -0.39 is 0 Å². The molecule has 0 fully saturated rings. The number of aromatic nitrogens is 2. The largest absolute Gasteiger partial charge is 0.346 e. The average Bonchev–Trinajstić information content (AvgIpc) is 2.73. The second-order valence-corrected chi connectivity index (χ2v) is 5.97.